The lowest BCUT2D eigenvalue weighted by Gasteiger charge is -2.31. The van der Waals surface area contributed by atoms with Crippen LogP contribution in [0.15, 0.2) is 35.4 Å². The van der Waals surface area contributed by atoms with E-state index < -0.39 is 38.7 Å². The summed E-state index contributed by atoms with van der Waals surface area (Å²) in [7, 11) is -4.50. The molecule has 29 heavy (non-hydrogen) atoms. The maximum Gasteiger partial charge on any atom is 0.449 e. The van der Waals surface area contributed by atoms with E-state index in [2.05, 4.69) is 4.98 Å². The Balaban J connectivity index is 1.79. The lowest BCUT2D eigenvalue weighted by Crippen LogP contribution is -2.42. The number of aromatic nitrogens is 2. The van der Waals surface area contributed by atoms with Gasteiger partial charge in [0.25, 0.3) is 15.9 Å². The molecule has 3 rings (SSSR count). The zero-order chi connectivity index (χ0) is 21.2. The van der Waals surface area contributed by atoms with E-state index in [4.69, 9.17) is 9.94 Å². The second-order valence-corrected chi connectivity index (χ2v) is 8.11. The highest BCUT2D eigenvalue weighted by Crippen LogP contribution is 2.31. The molecule has 1 amide bonds. The Kier molecular flexibility index (Phi) is 5.82. The van der Waals surface area contributed by atoms with E-state index in [1.807, 2.05) is 6.07 Å². The number of ether oxygens (including phenoxy) is 1. The normalized spacial score (nSPS) is 16.6. The molecule has 1 aliphatic rings. The lowest BCUT2D eigenvalue weighted by molar-refractivity contribution is -0.144. The maximum absolute atomic E-state index is 12.9. The summed E-state index contributed by atoms with van der Waals surface area (Å²) in [4.78, 5) is 16.3. The number of piperidine rings is 1. The zero-order valence-electron chi connectivity index (χ0n) is 14.8. The highest BCUT2D eigenvalue weighted by molar-refractivity contribution is 7.89. The lowest BCUT2D eigenvalue weighted by atomic mass is 10.1. The predicted molar refractivity (Wildman–Crippen MR) is 91.7 cm³/mol. The van der Waals surface area contributed by atoms with Gasteiger partial charge in [0.1, 0.15) is 11.9 Å². The number of carbonyl (C=O) groups is 1. The van der Waals surface area contributed by atoms with Crippen molar-refractivity contribution in [2.75, 3.05) is 13.1 Å². The Morgan fingerprint density at radius 1 is 1.24 bits per heavy atom. The number of hydrogen-bond donors (Lipinski definition) is 3. The molecule has 1 aromatic carbocycles. The summed E-state index contributed by atoms with van der Waals surface area (Å²) < 4.78 is 71.1. The van der Waals surface area contributed by atoms with Gasteiger partial charge in [-0.15, -0.1) is 0 Å². The molecule has 0 bridgehead atoms. The summed E-state index contributed by atoms with van der Waals surface area (Å²) in [5.74, 6) is -2.51. The number of aromatic amines is 1. The summed E-state index contributed by atoms with van der Waals surface area (Å²) in [6.07, 6.45) is -4.67. The first kappa shape index (κ1) is 21.1. The van der Waals surface area contributed by atoms with Crippen LogP contribution in [0.1, 0.15) is 29.2 Å². The number of hydroxylamine groups is 1. The van der Waals surface area contributed by atoms with Crippen molar-refractivity contribution >= 4 is 15.9 Å². The fourth-order valence-corrected chi connectivity index (χ4v) is 4.45. The van der Waals surface area contributed by atoms with Gasteiger partial charge in [0.05, 0.1) is 0 Å². The van der Waals surface area contributed by atoms with Crippen LogP contribution in [-0.2, 0) is 16.2 Å². The smallest absolute Gasteiger partial charge is 0.449 e. The SMILES string of the molecule is O=C(NO)c1nc(C(F)(F)F)[nH]c1S(=O)(=O)N1CCC(Oc2ccccc2)CC1. The predicted octanol–water partition coefficient (Wildman–Crippen LogP) is 1.78. The van der Waals surface area contributed by atoms with Crippen LogP contribution in [0.25, 0.3) is 0 Å². The summed E-state index contributed by atoms with van der Waals surface area (Å²) >= 11 is 0. The minimum atomic E-state index is -5.01. The third-order valence-electron chi connectivity index (χ3n) is 4.30. The Hall–Kier alpha value is -2.64. The number of hydrogen-bond acceptors (Lipinski definition) is 6. The molecule has 0 spiro atoms. The van der Waals surface area contributed by atoms with E-state index in [-0.39, 0.29) is 19.2 Å². The second kappa shape index (κ2) is 8.00. The first-order chi connectivity index (χ1) is 13.6. The molecule has 1 aromatic heterocycles. The molecule has 9 nitrogen and oxygen atoms in total. The number of sulfonamides is 1. The van der Waals surface area contributed by atoms with E-state index in [0.717, 1.165) is 9.79 Å². The van der Waals surface area contributed by atoms with Crippen molar-refractivity contribution in [1.82, 2.24) is 19.8 Å². The van der Waals surface area contributed by atoms with Gasteiger partial charge in [-0.05, 0) is 25.0 Å². The molecule has 3 N–H and O–H groups in total. The van der Waals surface area contributed by atoms with Gasteiger partial charge in [0, 0.05) is 13.1 Å². The van der Waals surface area contributed by atoms with Crippen LogP contribution in [0, 0.1) is 0 Å². The van der Waals surface area contributed by atoms with Crippen molar-refractivity contribution in [2.24, 2.45) is 0 Å². The largest absolute Gasteiger partial charge is 0.490 e. The maximum atomic E-state index is 12.9. The monoisotopic (exact) mass is 434 g/mol. The van der Waals surface area contributed by atoms with E-state index in [1.54, 1.807) is 29.2 Å². The molecule has 158 valence electrons. The van der Waals surface area contributed by atoms with Crippen LogP contribution in [0.5, 0.6) is 5.75 Å². The number of carbonyl (C=O) groups excluding carboxylic acids is 1. The minimum Gasteiger partial charge on any atom is -0.490 e. The Morgan fingerprint density at radius 3 is 2.41 bits per heavy atom. The van der Waals surface area contributed by atoms with Gasteiger partial charge >= 0.3 is 6.18 Å². The van der Waals surface area contributed by atoms with E-state index in [9.17, 15) is 26.4 Å². The topological polar surface area (TPSA) is 125 Å². The Morgan fingerprint density at radius 2 is 1.86 bits per heavy atom. The number of alkyl halides is 3. The first-order valence-electron chi connectivity index (χ1n) is 8.46. The highest BCUT2D eigenvalue weighted by Gasteiger charge is 2.41. The van der Waals surface area contributed by atoms with Gasteiger partial charge in [0.2, 0.25) is 5.82 Å². The highest BCUT2D eigenvalue weighted by atomic mass is 32.2. The zero-order valence-corrected chi connectivity index (χ0v) is 15.6. The molecule has 13 heteroatoms. The van der Waals surface area contributed by atoms with Gasteiger partial charge in [-0.2, -0.15) is 17.5 Å². The number of imidazole rings is 1. The number of benzene rings is 1. The molecule has 2 heterocycles. The average molecular weight is 434 g/mol. The van der Waals surface area contributed by atoms with E-state index >= 15 is 0 Å². The number of H-pyrrole nitrogens is 1. The van der Waals surface area contributed by atoms with Crippen molar-refractivity contribution in [3.8, 4) is 5.75 Å². The van der Waals surface area contributed by atoms with Crippen molar-refractivity contribution in [3.05, 3.63) is 41.9 Å². The first-order valence-corrected chi connectivity index (χ1v) is 9.90. The third-order valence-corrected chi connectivity index (χ3v) is 6.16. The quantitative estimate of drug-likeness (QED) is 0.487. The number of rotatable bonds is 5. The van der Waals surface area contributed by atoms with Crippen LogP contribution >= 0.6 is 0 Å². The molecular weight excluding hydrogens is 417 g/mol. The number of halogens is 3. The fourth-order valence-electron chi connectivity index (χ4n) is 2.90. The van der Waals surface area contributed by atoms with Crippen molar-refractivity contribution < 1.29 is 36.3 Å². The fraction of sp³-hybridized carbons (Fsp3) is 0.375. The van der Waals surface area contributed by atoms with Crippen LogP contribution in [0.2, 0.25) is 0 Å². The standard InChI is InChI=1S/C16H17F3N4O5S/c17-16(18,19)15-20-12(13(24)22-25)14(21-15)29(26,27)23-8-6-11(7-9-23)28-10-4-2-1-3-5-10/h1-5,11,25H,6-9H2,(H,20,21)(H,22,24). The van der Waals surface area contributed by atoms with E-state index in [0.29, 0.717) is 18.6 Å². The van der Waals surface area contributed by atoms with E-state index in [1.165, 1.54) is 0 Å². The van der Waals surface area contributed by atoms with Gasteiger partial charge in [-0.1, -0.05) is 18.2 Å². The molecule has 1 fully saturated rings. The number of para-hydroxylation sites is 1. The molecule has 1 aliphatic heterocycles. The van der Waals surface area contributed by atoms with Crippen LogP contribution < -0.4 is 10.2 Å². The molecule has 0 saturated carbocycles. The second-order valence-electron chi connectivity index (χ2n) is 6.24. The molecule has 0 radical (unpaired) electrons. The summed E-state index contributed by atoms with van der Waals surface area (Å²) in [5.41, 5.74) is 0.0369. The molecule has 2 aromatic rings. The molecular formula is C16H17F3N4O5S. The van der Waals surface area contributed by atoms with Crippen molar-refractivity contribution in [3.63, 3.8) is 0 Å². The Labute approximate surface area is 163 Å². The molecule has 0 atom stereocenters. The van der Waals surface area contributed by atoms with Crippen molar-refractivity contribution in [2.45, 2.75) is 30.1 Å². The van der Waals surface area contributed by atoms with Gasteiger partial charge < -0.3 is 9.72 Å². The van der Waals surface area contributed by atoms with Crippen molar-refractivity contribution in [1.29, 1.82) is 0 Å². The minimum absolute atomic E-state index is 0.0274. The molecule has 0 unspecified atom stereocenters. The number of nitrogens with zero attached hydrogens (tertiary/aromatic N) is 2. The number of amides is 1. The molecule has 0 aliphatic carbocycles. The van der Waals surface area contributed by atoms with Crippen LogP contribution in [0.3, 0.4) is 0 Å². The third kappa shape index (κ3) is 4.52. The van der Waals surface area contributed by atoms with Gasteiger partial charge in [0.15, 0.2) is 10.7 Å². The summed E-state index contributed by atoms with van der Waals surface area (Å²) in [5, 5.41) is 7.69. The summed E-state index contributed by atoms with van der Waals surface area (Å²) in [6.45, 7) is -0.0548. The molecule has 1 saturated heterocycles. The van der Waals surface area contributed by atoms with Gasteiger partial charge in [-0.3, -0.25) is 10.0 Å². The van der Waals surface area contributed by atoms with Crippen LogP contribution in [-0.4, -0.2) is 53.0 Å². The average Bonchev–Trinajstić information content (AvgIpc) is 3.15. The Bertz CT molecular complexity index is 970. The number of nitrogens with one attached hydrogen (secondary N) is 2. The summed E-state index contributed by atoms with van der Waals surface area (Å²) in [6, 6.07) is 8.92. The van der Waals surface area contributed by atoms with Crippen LogP contribution in [0.4, 0.5) is 13.2 Å². The van der Waals surface area contributed by atoms with Gasteiger partial charge in [-0.25, -0.2) is 18.9 Å².